The summed E-state index contributed by atoms with van der Waals surface area (Å²) in [5.74, 6) is 1.43. The lowest BCUT2D eigenvalue weighted by molar-refractivity contribution is -0.0287. The van der Waals surface area contributed by atoms with Gasteiger partial charge in [-0.2, -0.15) is 0 Å². The number of rotatable bonds is 0. The van der Waals surface area contributed by atoms with Crippen molar-refractivity contribution in [2.75, 3.05) is 19.6 Å². The van der Waals surface area contributed by atoms with Crippen molar-refractivity contribution in [1.82, 2.24) is 10.6 Å². The second-order valence-electron chi connectivity index (χ2n) is 4.04. The monoisotopic (exact) mass is 156 g/mol. The van der Waals surface area contributed by atoms with Crippen molar-refractivity contribution < 1.29 is 5.11 Å². The molecule has 0 aromatic carbocycles. The predicted molar refractivity (Wildman–Crippen MR) is 43.1 cm³/mol. The van der Waals surface area contributed by atoms with Crippen LogP contribution in [-0.4, -0.2) is 30.5 Å². The van der Waals surface area contributed by atoms with Crippen LogP contribution in [0.2, 0.25) is 0 Å². The molecule has 2 rings (SSSR count). The maximum absolute atomic E-state index is 9.68. The molecule has 3 unspecified atom stereocenters. The van der Waals surface area contributed by atoms with E-state index in [4.69, 9.17) is 0 Å². The Morgan fingerprint density at radius 1 is 1.27 bits per heavy atom. The molecule has 0 radical (unpaired) electrons. The molecule has 3 N–H and O–H groups in total. The van der Waals surface area contributed by atoms with Gasteiger partial charge in [0.15, 0.2) is 0 Å². The van der Waals surface area contributed by atoms with Gasteiger partial charge in [0.25, 0.3) is 0 Å². The lowest BCUT2D eigenvalue weighted by Crippen LogP contribution is -2.52. The molecule has 2 aliphatic heterocycles. The minimum absolute atomic E-state index is 0.618. The van der Waals surface area contributed by atoms with Crippen molar-refractivity contribution in [3.8, 4) is 0 Å². The third kappa shape index (κ3) is 1.41. The fraction of sp³-hybridized carbons (Fsp3) is 1.00. The van der Waals surface area contributed by atoms with E-state index in [1.54, 1.807) is 0 Å². The van der Waals surface area contributed by atoms with Crippen molar-refractivity contribution >= 4 is 0 Å². The van der Waals surface area contributed by atoms with Gasteiger partial charge in [0.05, 0.1) is 0 Å². The minimum Gasteiger partial charge on any atom is -0.376 e. The summed E-state index contributed by atoms with van der Waals surface area (Å²) in [4.78, 5) is 0. The van der Waals surface area contributed by atoms with Crippen LogP contribution in [0.4, 0.5) is 0 Å². The maximum atomic E-state index is 9.68. The summed E-state index contributed by atoms with van der Waals surface area (Å²) in [6.07, 6.45) is 0.894. The van der Waals surface area contributed by atoms with E-state index >= 15 is 0 Å². The van der Waals surface area contributed by atoms with E-state index in [2.05, 4.69) is 10.6 Å². The van der Waals surface area contributed by atoms with Gasteiger partial charge in [-0.05, 0) is 38.3 Å². The van der Waals surface area contributed by atoms with Gasteiger partial charge in [-0.25, -0.2) is 0 Å². The molecule has 3 atom stereocenters. The first-order valence-corrected chi connectivity index (χ1v) is 4.35. The Morgan fingerprint density at radius 3 is 2.82 bits per heavy atom. The lowest BCUT2D eigenvalue weighted by atomic mass is 9.84. The van der Waals surface area contributed by atoms with E-state index in [1.165, 1.54) is 0 Å². The number of fused-ring (bicyclic) bond motifs is 1. The lowest BCUT2D eigenvalue weighted by Gasteiger charge is -2.36. The highest BCUT2D eigenvalue weighted by Crippen LogP contribution is 2.28. The molecule has 0 saturated carbocycles. The van der Waals surface area contributed by atoms with E-state index < -0.39 is 5.72 Å². The van der Waals surface area contributed by atoms with Crippen LogP contribution in [0.3, 0.4) is 0 Å². The van der Waals surface area contributed by atoms with Crippen LogP contribution in [0.15, 0.2) is 0 Å². The Morgan fingerprint density at radius 2 is 2.00 bits per heavy atom. The topological polar surface area (TPSA) is 44.3 Å². The van der Waals surface area contributed by atoms with E-state index in [0.29, 0.717) is 5.92 Å². The van der Waals surface area contributed by atoms with Gasteiger partial charge in [-0.15, -0.1) is 0 Å². The first kappa shape index (κ1) is 7.53. The Bertz CT molecular complexity index is 158. The highest BCUT2D eigenvalue weighted by molar-refractivity contribution is 4.92. The molecule has 2 aliphatic rings. The van der Waals surface area contributed by atoms with Gasteiger partial charge in [-0.3, -0.25) is 5.32 Å². The molecule has 0 aromatic rings. The molecule has 0 bridgehead atoms. The largest absolute Gasteiger partial charge is 0.376 e. The van der Waals surface area contributed by atoms with E-state index in [1.807, 2.05) is 6.92 Å². The SMILES string of the molecule is CC1(O)CC2CNCC2CN1. The molecule has 11 heavy (non-hydrogen) atoms. The number of piperidine rings is 1. The van der Waals surface area contributed by atoms with Crippen LogP contribution >= 0.6 is 0 Å². The van der Waals surface area contributed by atoms with Crippen LogP contribution in [0.25, 0.3) is 0 Å². The molecule has 2 fully saturated rings. The van der Waals surface area contributed by atoms with Crippen LogP contribution in [-0.2, 0) is 0 Å². The third-order valence-electron chi connectivity index (χ3n) is 2.88. The van der Waals surface area contributed by atoms with Crippen LogP contribution in [0, 0.1) is 11.8 Å². The molecule has 0 aliphatic carbocycles. The standard InChI is InChI=1S/C8H16N2O/c1-8(11)2-6-3-9-4-7(6)5-10-8/h6-7,9-11H,2-5H2,1H3. The molecule has 2 heterocycles. The zero-order valence-corrected chi connectivity index (χ0v) is 6.93. The van der Waals surface area contributed by atoms with Crippen molar-refractivity contribution in [3.05, 3.63) is 0 Å². The maximum Gasteiger partial charge on any atom is 0.113 e. The molecular weight excluding hydrogens is 140 g/mol. The van der Waals surface area contributed by atoms with Gasteiger partial charge in [0.2, 0.25) is 0 Å². The average Bonchev–Trinajstić information content (AvgIpc) is 2.31. The Hall–Kier alpha value is -0.120. The summed E-state index contributed by atoms with van der Waals surface area (Å²) in [5.41, 5.74) is -0.618. The number of hydrogen-bond acceptors (Lipinski definition) is 3. The fourth-order valence-corrected chi connectivity index (χ4v) is 2.20. The van der Waals surface area contributed by atoms with Crippen molar-refractivity contribution in [3.63, 3.8) is 0 Å². The first-order valence-electron chi connectivity index (χ1n) is 4.35. The predicted octanol–water partition coefficient (Wildman–Crippen LogP) is -0.476. The third-order valence-corrected chi connectivity index (χ3v) is 2.88. The van der Waals surface area contributed by atoms with Gasteiger partial charge in [-0.1, -0.05) is 0 Å². The zero-order valence-electron chi connectivity index (χ0n) is 6.93. The summed E-state index contributed by atoms with van der Waals surface area (Å²) >= 11 is 0. The summed E-state index contributed by atoms with van der Waals surface area (Å²) in [6.45, 7) is 5.03. The Balaban J connectivity index is 2.02. The molecule has 0 aromatic heterocycles. The summed E-state index contributed by atoms with van der Waals surface area (Å²) < 4.78 is 0. The van der Waals surface area contributed by atoms with Gasteiger partial charge < -0.3 is 10.4 Å². The van der Waals surface area contributed by atoms with Crippen molar-refractivity contribution in [2.24, 2.45) is 11.8 Å². The highest BCUT2D eigenvalue weighted by Gasteiger charge is 2.38. The summed E-state index contributed by atoms with van der Waals surface area (Å²) in [6, 6.07) is 0. The fourth-order valence-electron chi connectivity index (χ4n) is 2.20. The van der Waals surface area contributed by atoms with Gasteiger partial charge in [0.1, 0.15) is 5.72 Å². The second-order valence-corrected chi connectivity index (χ2v) is 4.04. The average molecular weight is 156 g/mol. The van der Waals surface area contributed by atoms with Gasteiger partial charge >= 0.3 is 0 Å². The molecule has 0 amide bonds. The second kappa shape index (κ2) is 2.44. The Kier molecular flexibility index (Phi) is 1.67. The van der Waals surface area contributed by atoms with E-state index in [9.17, 15) is 5.11 Å². The first-order chi connectivity index (χ1) is 5.17. The van der Waals surface area contributed by atoms with Crippen molar-refractivity contribution in [1.29, 1.82) is 0 Å². The molecule has 3 heteroatoms. The van der Waals surface area contributed by atoms with E-state index in [-0.39, 0.29) is 0 Å². The minimum atomic E-state index is -0.618. The number of hydrogen-bond donors (Lipinski definition) is 3. The zero-order chi connectivity index (χ0) is 7.90. The molecule has 64 valence electrons. The van der Waals surface area contributed by atoms with Crippen LogP contribution in [0.5, 0.6) is 0 Å². The molecule has 2 saturated heterocycles. The van der Waals surface area contributed by atoms with Crippen LogP contribution in [0.1, 0.15) is 13.3 Å². The van der Waals surface area contributed by atoms with Gasteiger partial charge in [0, 0.05) is 6.54 Å². The van der Waals surface area contributed by atoms with Crippen molar-refractivity contribution in [2.45, 2.75) is 19.1 Å². The van der Waals surface area contributed by atoms with Crippen LogP contribution < -0.4 is 10.6 Å². The highest BCUT2D eigenvalue weighted by atomic mass is 16.3. The molecule has 3 nitrogen and oxygen atoms in total. The summed E-state index contributed by atoms with van der Waals surface area (Å²) in [7, 11) is 0. The number of aliphatic hydroxyl groups is 1. The molecular formula is C8H16N2O. The number of nitrogens with one attached hydrogen (secondary N) is 2. The molecule has 0 spiro atoms. The summed E-state index contributed by atoms with van der Waals surface area (Å²) in [5, 5.41) is 16.2. The van der Waals surface area contributed by atoms with E-state index in [0.717, 1.165) is 32.0 Å². The quantitative estimate of drug-likeness (QED) is 0.444. The normalized spacial score (nSPS) is 50.7. The Labute approximate surface area is 67.2 Å². The smallest absolute Gasteiger partial charge is 0.113 e.